The predicted molar refractivity (Wildman–Crippen MR) is 83.4 cm³/mol. The lowest BCUT2D eigenvalue weighted by Gasteiger charge is -2.14. The van der Waals surface area contributed by atoms with E-state index in [0.717, 1.165) is 54.6 Å². The molecule has 110 valence electrons. The summed E-state index contributed by atoms with van der Waals surface area (Å²) < 4.78 is 12.5. The second kappa shape index (κ2) is 6.81. The molecular formula is C16H22BrNO2. The van der Waals surface area contributed by atoms with Gasteiger partial charge in [-0.25, -0.2) is 0 Å². The van der Waals surface area contributed by atoms with Gasteiger partial charge < -0.3 is 14.8 Å². The van der Waals surface area contributed by atoms with E-state index in [9.17, 15) is 0 Å². The first-order valence-corrected chi connectivity index (χ1v) is 8.41. The summed E-state index contributed by atoms with van der Waals surface area (Å²) in [6.45, 7) is 3.49. The summed E-state index contributed by atoms with van der Waals surface area (Å²) in [4.78, 5) is 0. The molecule has 0 aromatic heterocycles. The van der Waals surface area contributed by atoms with Crippen LogP contribution in [0.4, 0.5) is 0 Å². The van der Waals surface area contributed by atoms with Crippen LogP contribution in [0.5, 0.6) is 11.5 Å². The Bertz CT molecular complexity index is 458. The van der Waals surface area contributed by atoms with Gasteiger partial charge in [-0.3, -0.25) is 0 Å². The number of hydrogen-bond donors (Lipinski definition) is 1. The van der Waals surface area contributed by atoms with Gasteiger partial charge in [0.05, 0.1) is 17.7 Å². The maximum Gasteiger partial charge on any atom is 0.175 e. The molecule has 0 unspecified atom stereocenters. The lowest BCUT2D eigenvalue weighted by atomic mass is 10.1. The van der Waals surface area contributed by atoms with Crippen LogP contribution in [0.1, 0.15) is 37.7 Å². The van der Waals surface area contributed by atoms with E-state index in [1.165, 1.54) is 31.2 Å². The van der Waals surface area contributed by atoms with Crippen molar-refractivity contribution in [2.75, 3.05) is 19.8 Å². The summed E-state index contributed by atoms with van der Waals surface area (Å²) in [6, 6.07) is 4.24. The summed E-state index contributed by atoms with van der Waals surface area (Å²) >= 11 is 3.59. The van der Waals surface area contributed by atoms with Gasteiger partial charge in [0, 0.05) is 13.0 Å². The van der Waals surface area contributed by atoms with E-state index in [1.54, 1.807) is 0 Å². The molecule has 0 radical (unpaired) electrons. The van der Waals surface area contributed by atoms with Crippen molar-refractivity contribution in [1.82, 2.24) is 5.32 Å². The average Bonchev–Trinajstić information content (AvgIpc) is 2.83. The molecule has 1 aromatic rings. The van der Waals surface area contributed by atoms with Gasteiger partial charge in [-0.15, -0.1) is 0 Å². The van der Waals surface area contributed by atoms with Crippen LogP contribution in [0.3, 0.4) is 0 Å². The van der Waals surface area contributed by atoms with Crippen LogP contribution < -0.4 is 14.8 Å². The molecule has 0 atom stereocenters. The number of benzene rings is 1. The molecule has 0 spiro atoms. The molecule has 0 bridgehead atoms. The van der Waals surface area contributed by atoms with E-state index in [2.05, 4.69) is 33.4 Å². The molecule has 2 aliphatic rings. The Morgan fingerprint density at radius 1 is 1.10 bits per heavy atom. The monoisotopic (exact) mass is 339 g/mol. The smallest absolute Gasteiger partial charge is 0.175 e. The van der Waals surface area contributed by atoms with Crippen molar-refractivity contribution < 1.29 is 9.47 Å². The van der Waals surface area contributed by atoms with E-state index in [1.807, 2.05) is 0 Å². The standard InChI is InChI=1S/C16H22BrNO2/c17-14-8-13(11-18-10-12-4-1-2-5-12)9-15-16(14)20-7-3-6-19-15/h8-9,12,18H,1-7,10-11H2. The summed E-state index contributed by atoms with van der Waals surface area (Å²) in [6.07, 6.45) is 6.52. The Hall–Kier alpha value is -0.740. The fourth-order valence-electron chi connectivity index (χ4n) is 3.02. The van der Waals surface area contributed by atoms with Crippen LogP contribution in [0.25, 0.3) is 0 Å². The van der Waals surface area contributed by atoms with Crippen molar-refractivity contribution in [1.29, 1.82) is 0 Å². The van der Waals surface area contributed by atoms with Crippen molar-refractivity contribution in [3.05, 3.63) is 22.2 Å². The van der Waals surface area contributed by atoms with Crippen LogP contribution in [0, 0.1) is 5.92 Å². The maximum absolute atomic E-state index is 5.77. The van der Waals surface area contributed by atoms with E-state index in [0.29, 0.717) is 0 Å². The first-order chi connectivity index (χ1) is 9.83. The highest BCUT2D eigenvalue weighted by Gasteiger charge is 2.16. The molecular weight excluding hydrogens is 318 g/mol. The van der Waals surface area contributed by atoms with Gasteiger partial charge in [-0.2, -0.15) is 0 Å². The van der Waals surface area contributed by atoms with Gasteiger partial charge in [0.2, 0.25) is 0 Å². The van der Waals surface area contributed by atoms with Crippen LogP contribution >= 0.6 is 15.9 Å². The highest BCUT2D eigenvalue weighted by atomic mass is 79.9. The minimum Gasteiger partial charge on any atom is -0.490 e. The Morgan fingerprint density at radius 3 is 2.75 bits per heavy atom. The normalized spacial score (nSPS) is 19.1. The van der Waals surface area contributed by atoms with Crippen molar-refractivity contribution in [2.24, 2.45) is 5.92 Å². The van der Waals surface area contributed by atoms with Crippen LogP contribution in [0.15, 0.2) is 16.6 Å². The molecule has 1 heterocycles. The number of ether oxygens (including phenoxy) is 2. The lowest BCUT2D eigenvalue weighted by Crippen LogP contribution is -2.20. The number of hydrogen-bond acceptors (Lipinski definition) is 3. The fourth-order valence-corrected chi connectivity index (χ4v) is 3.63. The zero-order chi connectivity index (χ0) is 13.8. The average molecular weight is 340 g/mol. The van der Waals surface area contributed by atoms with Gasteiger partial charge in [0.25, 0.3) is 0 Å². The molecule has 1 saturated carbocycles. The van der Waals surface area contributed by atoms with E-state index in [-0.39, 0.29) is 0 Å². The quantitative estimate of drug-likeness (QED) is 0.902. The number of fused-ring (bicyclic) bond motifs is 1. The summed E-state index contributed by atoms with van der Waals surface area (Å²) in [5.41, 5.74) is 1.25. The topological polar surface area (TPSA) is 30.5 Å². The van der Waals surface area contributed by atoms with Crippen molar-refractivity contribution in [3.63, 3.8) is 0 Å². The summed E-state index contributed by atoms with van der Waals surface area (Å²) in [5.74, 6) is 2.59. The Balaban J connectivity index is 1.61. The van der Waals surface area contributed by atoms with Crippen molar-refractivity contribution >= 4 is 15.9 Å². The molecule has 0 saturated heterocycles. The van der Waals surface area contributed by atoms with Crippen LogP contribution in [0.2, 0.25) is 0 Å². The van der Waals surface area contributed by atoms with E-state index in [4.69, 9.17) is 9.47 Å². The molecule has 3 nitrogen and oxygen atoms in total. The Morgan fingerprint density at radius 2 is 1.90 bits per heavy atom. The first-order valence-electron chi connectivity index (χ1n) is 7.61. The lowest BCUT2D eigenvalue weighted by molar-refractivity contribution is 0.296. The molecule has 1 aliphatic carbocycles. The molecule has 1 aliphatic heterocycles. The first kappa shape index (κ1) is 14.2. The van der Waals surface area contributed by atoms with Crippen LogP contribution in [-0.2, 0) is 6.54 Å². The second-order valence-electron chi connectivity index (χ2n) is 5.74. The van der Waals surface area contributed by atoms with E-state index < -0.39 is 0 Å². The molecule has 20 heavy (non-hydrogen) atoms. The molecule has 1 fully saturated rings. The maximum atomic E-state index is 5.77. The summed E-state index contributed by atoms with van der Waals surface area (Å²) in [7, 11) is 0. The number of halogens is 1. The minimum absolute atomic E-state index is 0.727. The SMILES string of the molecule is Brc1cc(CNCC2CCCC2)cc2c1OCCCO2. The highest BCUT2D eigenvalue weighted by molar-refractivity contribution is 9.10. The molecule has 1 aromatic carbocycles. The third-order valence-electron chi connectivity index (χ3n) is 4.10. The third-order valence-corrected chi connectivity index (χ3v) is 4.69. The predicted octanol–water partition coefficient (Wildman–Crippen LogP) is 3.89. The molecule has 3 rings (SSSR count). The van der Waals surface area contributed by atoms with Crippen molar-refractivity contribution in [3.8, 4) is 11.5 Å². The number of rotatable bonds is 4. The third kappa shape index (κ3) is 3.47. The highest BCUT2D eigenvalue weighted by Crippen LogP contribution is 2.38. The minimum atomic E-state index is 0.727. The number of nitrogens with one attached hydrogen (secondary N) is 1. The van der Waals surface area contributed by atoms with E-state index >= 15 is 0 Å². The van der Waals surface area contributed by atoms with Crippen molar-refractivity contribution in [2.45, 2.75) is 38.6 Å². The summed E-state index contributed by atoms with van der Waals surface area (Å²) in [5, 5.41) is 3.58. The molecule has 4 heteroatoms. The Kier molecular flexibility index (Phi) is 4.84. The van der Waals surface area contributed by atoms with Gasteiger partial charge in [-0.1, -0.05) is 12.8 Å². The van der Waals surface area contributed by atoms with Gasteiger partial charge >= 0.3 is 0 Å². The zero-order valence-corrected chi connectivity index (χ0v) is 13.4. The second-order valence-corrected chi connectivity index (χ2v) is 6.59. The molecule has 1 N–H and O–H groups in total. The largest absolute Gasteiger partial charge is 0.490 e. The fraction of sp³-hybridized carbons (Fsp3) is 0.625. The van der Waals surface area contributed by atoms with Gasteiger partial charge in [0.15, 0.2) is 11.5 Å². The van der Waals surface area contributed by atoms with Crippen LogP contribution in [-0.4, -0.2) is 19.8 Å². The van der Waals surface area contributed by atoms with Gasteiger partial charge in [-0.05, 0) is 58.9 Å². The van der Waals surface area contributed by atoms with Gasteiger partial charge in [0.1, 0.15) is 0 Å². The Labute approximate surface area is 129 Å². The zero-order valence-electron chi connectivity index (χ0n) is 11.8. The molecule has 0 amide bonds.